The number of hydrogen-bond donors (Lipinski definition) is 2. The predicted molar refractivity (Wildman–Crippen MR) is 209 cm³/mol. The van der Waals surface area contributed by atoms with Gasteiger partial charge < -0.3 is 29.0 Å². The smallest absolute Gasteiger partial charge is 0.269 e. The lowest BCUT2D eigenvalue weighted by Gasteiger charge is -2.32. The number of amides is 2. The highest BCUT2D eigenvalue weighted by molar-refractivity contribution is 6.71. The summed E-state index contributed by atoms with van der Waals surface area (Å²) in [5, 5.41) is 19.0. The molecule has 5 aromatic rings. The number of para-hydroxylation sites is 2. The Morgan fingerprint density at radius 2 is 1.73 bits per heavy atom. The van der Waals surface area contributed by atoms with Crippen molar-refractivity contribution in [3.63, 3.8) is 0 Å². The summed E-state index contributed by atoms with van der Waals surface area (Å²) in [6.07, 6.45) is 1.89. The van der Waals surface area contributed by atoms with Crippen LogP contribution in [0.4, 0.5) is 17.1 Å². The van der Waals surface area contributed by atoms with Gasteiger partial charge in [0.25, 0.3) is 11.8 Å². The molecule has 284 valence electrons. The third-order valence-electron chi connectivity index (χ3n) is 11.4. The first kappa shape index (κ1) is 36.6. The van der Waals surface area contributed by atoms with E-state index in [4.69, 9.17) is 14.2 Å². The van der Waals surface area contributed by atoms with Crippen LogP contribution >= 0.6 is 0 Å². The van der Waals surface area contributed by atoms with Crippen molar-refractivity contribution in [2.45, 2.75) is 62.7 Å². The molecule has 4 heterocycles. The van der Waals surface area contributed by atoms with E-state index in [1.54, 1.807) is 21.6 Å². The SMILES string of the molecule is COc1ccc2c(c1)[C@]1(O[C@@H](CCn3cc(C(CO)c4ccccc4)nn3)[C@H]([Si](C)(C)O)[C@H]1C)C(=O)N2Cc1ccc(N2C(=O)COc3ccccc32)cc1. The number of rotatable bonds is 11. The molecule has 5 atom stereocenters. The van der Waals surface area contributed by atoms with Crippen LogP contribution in [0.2, 0.25) is 18.6 Å². The zero-order valence-corrected chi connectivity index (χ0v) is 32.3. The van der Waals surface area contributed by atoms with Crippen molar-refractivity contribution in [3.05, 3.63) is 126 Å². The number of hydrogen-bond acceptors (Lipinski definition) is 9. The Morgan fingerprint density at radius 3 is 2.45 bits per heavy atom. The third kappa shape index (κ3) is 6.40. The van der Waals surface area contributed by atoms with E-state index in [1.807, 2.05) is 123 Å². The molecule has 0 saturated carbocycles. The van der Waals surface area contributed by atoms with Crippen molar-refractivity contribution in [3.8, 4) is 11.5 Å². The van der Waals surface area contributed by atoms with Gasteiger partial charge >= 0.3 is 0 Å². The number of anilines is 3. The summed E-state index contributed by atoms with van der Waals surface area (Å²) in [5.74, 6) is 0.241. The molecule has 4 aromatic carbocycles. The second-order valence-corrected chi connectivity index (χ2v) is 19.1. The lowest BCUT2D eigenvalue weighted by molar-refractivity contribution is -0.146. The first-order valence-corrected chi connectivity index (χ1v) is 21.7. The van der Waals surface area contributed by atoms with E-state index >= 15 is 4.79 Å². The number of aryl methyl sites for hydroxylation is 1. The zero-order chi connectivity index (χ0) is 38.5. The number of methoxy groups -OCH3 is 1. The molecule has 3 aliphatic rings. The molecule has 1 saturated heterocycles. The van der Waals surface area contributed by atoms with Crippen LogP contribution < -0.4 is 19.3 Å². The number of fused-ring (bicyclic) bond motifs is 3. The van der Waals surface area contributed by atoms with Crippen LogP contribution in [0.15, 0.2) is 103 Å². The van der Waals surface area contributed by atoms with E-state index in [9.17, 15) is 14.7 Å². The normalized spacial score (nSPS) is 22.5. The molecule has 0 bridgehead atoms. The van der Waals surface area contributed by atoms with Crippen LogP contribution in [0, 0.1) is 5.92 Å². The summed E-state index contributed by atoms with van der Waals surface area (Å²) >= 11 is 0. The minimum Gasteiger partial charge on any atom is -0.497 e. The molecule has 0 aliphatic carbocycles. The van der Waals surface area contributed by atoms with Crippen LogP contribution in [0.1, 0.15) is 41.6 Å². The number of carbonyl (C=O) groups is 2. The van der Waals surface area contributed by atoms with Gasteiger partial charge in [0.1, 0.15) is 11.5 Å². The number of nitrogens with zero attached hydrogens (tertiary/aromatic N) is 5. The van der Waals surface area contributed by atoms with Crippen LogP contribution in [-0.2, 0) is 33.0 Å². The van der Waals surface area contributed by atoms with Gasteiger partial charge in [0.2, 0.25) is 0 Å². The van der Waals surface area contributed by atoms with E-state index in [0.29, 0.717) is 41.5 Å². The fourth-order valence-electron chi connectivity index (χ4n) is 8.83. The summed E-state index contributed by atoms with van der Waals surface area (Å²) in [5.41, 5.74) is 3.71. The van der Waals surface area contributed by atoms with E-state index in [2.05, 4.69) is 10.3 Å². The number of aliphatic hydroxyl groups is 1. The Bertz CT molecular complexity index is 2210. The maximum atomic E-state index is 15.0. The van der Waals surface area contributed by atoms with Gasteiger partial charge in [0, 0.05) is 35.5 Å². The summed E-state index contributed by atoms with van der Waals surface area (Å²) in [7, 11) is -1.31. The maximum absolute atomic E-state index is 15.0. The van der Waals surface area contributed by atoms with Gasteiger partial charge in [-0.3, -0.25) is 19.2 Å². The summed E-state index contributed by atoms with van der Waals surface area (Å²) in [6.45, 7) is 6.40. The second-order valence-electron chi connectivity index (χ2n) is 15.1. The van der Waals surface area contributed by atoms with Gasteiger partial charge in [-0.2, -0.15) is 0 Å². The Morgan fingerprint density at radius 1 is 0.982 bits per heavy atom. The lowest BCUT2D eigenvalue weighted by Crippen LogP contribution is -2.46. The Balaban J connectivity index is 1.07. The average molecular weight is 760 g/mol. The van der Waals surface area contributed by atoms with E-state index in [-0.39, 0.29) is 48.9 Å². The third-order valence-corrected chi connectivity index (χ3v) is 13.9. The minimum atomic E-state index is -2.91. The Hall–Kier alpha value is -5.34. The monoisotopic (exact) mass is 759 g/mol. The number of aromatic nitrogens is 3. The van der Waals surface area contributed by atoms with Crippen molar-refractivity contribution in [1.29, 1.82) is 0 Å². The van der Waals surface area contributed by atoms with Crippen molar-refractivity contribution < 1.29 is 33.7 Å². The summed E-state index contributed by atoms with van der Waals surface area (Å²) in [6, 6.07) is 30.4. The number of benzene rings is 4. The van der Waals surface area contributed by atoms with E-state index in [1.165, 1.54) is 0 Å². The van der Waals surface area contributed by atoms with Crippen LogP contribution in [0.3, 0.4) is 0 Å². The molecule has 2 amide bonds. The quantitative estimate of drug-likeness (QED) is 0.158. The molecule has 1 fully saturated rings. The largest absolute Gasteiger partial charge is 0.497 e. The summed E-state index contributed by atoms with van der Waals surface area (Å²) in [4.78, 5) is 43.2. The fraction of sp³-hybridized carbons (Fsp3) is 0.333. The molecule has 1 spiro atoms. The molecule has 8 rings (SSSR count). The van der Waals surface area contributed by atoms with Crippen molar-refractivity contribution in [2.75, 3.05) is 30.1 Å². The van der Waals surface area contributed by atoms with Gasteiger partial charge in [-0.05, 0) is 73.1 Å². The Kier molecular flexibility index (Phi) is 9.58. The molecular weight excluding hydrogens is 715 g/mol. The number of ether oxygens (including phenoxy) is 3. The fourth-order valence-corrected chi connectivity index (χ4v) is 11.4. The minimum absolute atomic E-state index is 0.0463. The number of aliphatic hydroxyl groups excluding tert-OH is 1. The molecule has 13 heteroatoms. The lowest BCUT2D eigenvalue weighted by atomic mass is 9.82. The van der Waals surface area contributed by atoms with Crippen LogP contribution in [0.5, 0.6) is 11.5 Å². The Labute approximate surface area is 321 Å². The molecule has 12 nitrogen and oxygen atoms in total. The maximum Gasteiger partial charge on any atom is 0.269 e. The molecule has 55 heavy (non-hydrogen) atoms. The highest BCUT2D eigenvalue weighted by atomic mass is 28.4. The van der Waals surface area contributed by atoms with Crippen LogP contribution in [0.25, 0.3) is 0 Å². The van der Waals surface area contributed by atoms with E-state index in [0.717, 1.165) is 22.4 Å². The van der Waals surface area contributed by atoms with Crippen molar-refractivity contribution in [2.24, 2.45) is 5.92 Å². The average Bonchev–Trinajstić information content (AvgIpc) is 3.85. The van der Waals surface area contributed by atoms with Gasteiger partial charge in [-0.25, -0.2) is 0 Å². The molecule has 3 aliphatic heterocycles. The van der Waals surface area contributed by atoms with Crippen molar-refractivity contribution in [1.82, 2.24) is 15.0 Å². The molecular formula is C42H45N5O7Si. The number of carbonyl (C=O) groups excluding carboxylic acids is 2. The predicted octanol–water partition coefficient (Wildman–Crippen LogP) is 5.90. The molecule has 1 aromatic heterocycles. The topological polar surface area (TPSA) is 139 Å². The first-order chi connectivity index (χ1) is 26.5. The van der Waals surface area contributed by atoms with E-state index < -0.39 is 20.0 Å². The second kappa shape index (κ2) is 14.4. The van der Waals surface area contributed by atoms with Gasteiger partial charge in [0.05, 0.1) is 49.4 Å². The van der Waals surface area contributed by atoms with Gasteiger partial charge in [-0.1, -0.05) is 66.7 Å². The van der Waals surface area contributed by atoms with Gasteiger partial charge in [-0.15, -0.1) is 5.10 Å². The van der Waals surface area contributed by atoms with Crippen LogP contribution in [-0.4, -0.2) is 71.5 Å². The molecule has 2 N–H and O–H groups in total. The van der Waals surface area contributed by atoms with Crippen molar-refractivity contribution >= 4 is 37.2 Å². The van der Waals surface area contributed by atoms with Gasteiger partial charge in [0.15, 0.2) is 20.5 Å². The molecule has 0 radical (unpaired) electrons. The highest BCUT2D eigenvalue weighted by Crippen LogP contribution is 2.60. The first-order valence-electron chi connectivity index (χ1n) is 18.6. The standard InChI is InChI=1S/C42H45N5O7Si/c1-27-40(55(3,4)51)38(20-21-45-24-34(43-44-45)32(25-48)29-10-6-5-7-11-29)54-42(27)33-22-31(52-2)18-19-35(33)46(41(42)50)23-28-14-16-30(17-15-28)47-36-12-8-9-13-37(36)53-26-39(47)49/h5-19,22,24,27,32,38,40,48,51H,20-21,23,25-26H2,1-4H3/t27-,32?,38+,40-,42+/m1/s1. The summed E-state index contributed by atoms with van der Waals surface area (Å²) < 4.78 is 20.1. The highest BCUT2D eigenvalue weighted by Gasteiger charge is 2.66. The molecule has 1 unspecified atom stereocenters. The zero-order valence-electron chi connectivity index (χ0n) is 31.3.